The van der Waals surface area contributed by atoms with E-state index in [4.69, 9.17) is 9.72 Å². The van der Waals surface area contributed by atoms with Gasteiger partial charge in [-0.3, -0.25) is 4.79 Å². The van der Waals surface area contributed by atoms with Gasteiger partial charge in [0.15, 0.2) is 5.82 Å². The summed E-state index contributed by atoms with van der Waals surface area (Å²) in [7, 11) is 1.66. The number of carbonyl (C=O) groups excluding carboxylic acids is 1. The first kappa shape index (κ1) is 16.8. The van der Waals surface area contributed by atoms with Crippen LogP contribution >= 0.6 is 0 Å². The second-order valence-corrected chi connectivity index (χ2v) is 8.40. The first-order chi connectivity index (χ1) is 14.2. The largest absolute Gasteiger partial charge is 0.497 e. The van der Waals surface area contributed by atoms with Crippen LogP contribution in [0, 0.1) is 0 Å². The van der Waals surface area contributed by atoms with E-state index in [1.807, 2.05) is 30.5 Å². The van der Waals surface area contributed by atoms with Gasteiger partial charge >= 0.3 is 0 Å². The lowest BCUT2D eigenvalue weighted by molar-refractivity contribution is 0.0793. The van der Waals surface area contributed by atoms with Crippen molar-refractivity contribution in [1.29, 1.82) is 0 Å². The fraction of sp³-hybridized carbons (Fsp3) is 0.348. The summed E-state index contributed by atoms with van der Waals surface area (Å²) in [5.74, 6) is 1.53. The normalized spacial score (nSPS) is 18.3. The van der Waals surface area contributed by atoms with Crippen LogP contribution in [0.25, 0.3) is 22.8 Å². The standard InChI is InChI=1S/C23H22N4O2/c1-29-15-5-2-4-13(10-15)21-24-12-14-6-7-16-18-17(25-20(16)19(14)26-21)11-23(8-3-9-23)27-22(18)28/h2,4-5,10,12,25H,3,6-9,11H2,1H3,(H,27,28). The molecule has 0 saturated heterocycles. The summed E-state index contributed by atoms with van der Waals surface area (Å²) in [6.45, 7) is 0. The number of aromatic nitrogens is 3. The molecule has 1 spiro atoms. The average molecular weight is 386 g/mol. The number of nitrogens with one attached hydrogen (secondary N) is 2. The molecule has 0 bridgehead atoms. The highest BCUT2D eigenvalue weighted by Crippen LogP contribution is 2.43. The van der Waals surface area contributed by atoms with Crippen molar-refractivity contribution in [3.8, 4) is 28.5 Å². The number of amides is 1. The molecule has 1 saturated carbocycles. The molecule has 0 unspecified atom stereocenters. The maximum atomic E-state index is 12.9. The minimum absolute atomic E-state index is 0.0300. The molecule has 2 N–H and O–H groups in total. The number of nitrogens with zero attached hydrogens (tertiary/aromatic N) is 2. The zero-order chi connectivity index (χ0) is 19.6. The third-order valence-electron chi connectivity index (χ3n) is 6.69. The van der Waals surface area contributed by atoms with E-state index < -0.39 is 0 Å². The highest BCUT2D eigenvalue weighted by molar-refractivity contribution is 6.01. The summed E-state index contributed by atoms with van der Waals surface area (Å²) >= 11 is 0. The van der Waals surface area contributed by atoms with Crippen LogP contribution in [-0.4, -0.2) is 33.5 Å². The van der Waals surface area contributed by atoms with Crippen LogP contribution in [0.4, 0.5) is 0 Å². The van der Waals surface area contributed by atoms with Crippen molar-refractivity contribution < 1.29 is 9.53 Å². The number of carbonyl (C=O) groups is 1. The van der Waals surface area contributed by atoms with Crippen LogP contribution < -0.4 is 10.1 Å². The van der Waals surface area contributed by atoms with Gasteiger partial charge in [-0.05, 0) is 55.4 Å². The van der Waals surface area contributed by atoms with E-state index in [9.17, 15) is 4.79 Å². The Kier molecular flexibility index (Phi) is 3.43. The van der Waals surface area contributed by atoms with Crippen LogP contribution in [0.3, 0.4) is 0 Å². The topological polar surface area (TPSA) is 79.9 Å². The molecule has 6 heteroatoms. The Morgan fingerprint density at radius 3 is 2.90 bits per heavy atom. The molecule has 3 heterocycles. The molecule has 6 nitrogen and oxygen atoms in total. The number of H-pyrrole nitrogens is 1. The summed E-state index contributed by atoms with van der Waals surface area (Å²) in [5.41, 5.74) is 6.96. The quantitative estimate of drug-likeness (QED) is 0.707. The van der Waals surface area contributed by atoms with Crippen LogP contribution in [0.1, 0.15) is 46.4 Å². The van der Waals surface area contributed by atoms with Crippen molar-refractivity contribution in [1.82, 2.24) is 20.3 Å². The Balaban J connectivity index is 1.47. The first-order valence-electron chi connectivity index (χ1n) is 10.2. The molecule has 29 heavy (non-hydrogen) atoms. The number of fused-ring (bicyclic) bond motifs is 5. The fourth-order valence-corrected chi connectivity index (χ4v) is 5.01. The van der Waals surface area contributed by atoms with E-state index in [1.54, 1.807) is 7.11 Å². The monoisotopic (exact) mass is 386 g/mol. The maximum Gasteiger partial charge on any atom is 0.253 e. The van der Waals surface area contributed by atoms with Gasteiger partial charge < -0.3 is 15.0 Å². The van der Waals surface area contributed by atoms with Gasteiger partial charge in [-0.25, -0.2) is 9.97 Å². The third kappa shape index (κ3) is 2.44. The number of benzene rings is 1. The lowest BCUT2D eigenvalue weighted by Crippen LogP contribution is -2.57. The van der Waals surface area contributed by atoms with Gasteiger partial charge in [0.05, 0.1) is 24.1 Å². The summed E-state index contributed by atoms with van der Waals surface area (Å²) in [6.07, 6.45) is 7.84. The predicted octanol–water partition coefficient (Wildman–Crippen LogP) is 3.45. The number of methoxy groups -OCH3 is 1. The van der Waals surface area contributed by atoms with E-state index >= 15 is 0 Å². The van der Waals surface area contributed by atoms with Crippen molar-refractivity contribution in [3.63, 3.8) is 0 Å². The lowest BCUT2D eigenvalue weighted by atomic mass is 9.71. The molecule has 1 fully saturated rings. The van der Waals surface area contributed by atoms with Gasteiger partial charge in [-0.15, -0.1) is 0 Å². The Morgan fingerprint density at radius 2 is 2.10 bits per heavy atom. The predicted molar refractivity (Wildman–Crippen MR) is 109 cm³/mol. The maximum absolute atomic E-state index is 12.9. The van der Waals surface area contributed by atoms with Crippen LogP contribution in [0.2, 0.25) is 0 Å². The van der Waals surface area contributed by atoms with Gasteiger partial charge in [-0.2, -0.15) is 0 Å². The van der Waals surface area contributed by atoms with Crippen LogP contribution in [-0.2, 0) is 19.3 Å². The van der Waals surface area contributed by atoms with E-state index in [0.29, 0.717) is 5.82 Å². The molecule has 3 aromatic rings. The molecule has 3 aliphatic rings. The van der Waals surface area contributed by atoms with E-state index in [2.05, 4.69) is 15.3 Å². The average Bonchev–Trinajstić information content (AvgIpc) is 3.11. The molecule has 1 aromatic carbocycles. The van der Waals surface area contributed by atoms with E-state index in [-0.39, 0.29) is 11.4 Å². The highest BCUT2D eigenvalue weighted by Gasteiger charge is 2.45. The smallest absolute Gasteiger partial charge is 0.253 e. The second-order valence-electron chi connectivity index (χ2n) is 8.40. The van der Waals surface area contributed by atoms with Gasteiger partial charge in [0, 0.05) is 29.4 Å². The molecule has 2 aromatic heterocycles. The number of rotatable bonds is 2. The van der Waals surface area contributed by atoms with Crippen molar-refractivity contribution in [2.45, 2.75) is 44.1 Å². The Morgan fingerprint density at radius 1 is 1.21 bits per heavy atom. The Bertz CT molecular complexity index is 1160. The third-order valence-corrected chi connectivity index (χ3v) is 6.69. The Hall–Kier alpha value is -3.15. The number of hydrogen-bond donors (Lipinski definition) is 2. The minimum atomic E-state index is -0.0300. The first-order valence-corrected chi connectivity index (χ1v) is 10.2. The molecule has 6 rings (SSSR count). The van der Waals surface area contributed by atoms with Crippen molar-refractivity contribution in [2.24, 2.45) is 0 Å². The molecule has 1 aliphatic heterocycles. The molecule has 146 valence electrons. The highest BCUT2D eigenvalue weighted by atomic mass is 16.5. The van der Waals surface area contributed by atoms with Crippen LogP contribution in [0.15, 0.2) is 30.5 Å². The minimum Gasteiger partial charge on any atom is -0.497 e. The Labute approximate surface area is 168 Å². The van der Waals surface area contributed by atoms with Crippen molar-refractivity contribution >= 4 is 5.91 Å². The summed E-state index contributed by atoms with van der Waals surface area (Å²) in [6, 6.07) is 7.78. The van der Waals surface area contributed by atoms with Gasteiger partial charge in [0.25, 0.3) is 5.91 Å². The van der Waals surface area contributed by atoms with Crippen molar-refractivity contribution in [2.75, 3.05) is 7.11 Å². The zero-order valence-electron chi connectivity index (χ0n) is 16.3. The molecule has 0 radical (unpaired) electrons. The zero-order valence-corrected chi connectivity index (χ0v) is 16.3. The number of aromatic amines is 1. The van der Waals surface area contributed by atoms with Gasteiger partial charge in [0.1, 0.15) is 5.75 Å². The van der Waals surface area contributed by atoms with Gasteiger partial charge in [-0.1, -0.05) is 12.1 Å². The summed E-state index contributed by atoms with van der Waals surface area (Å²) in [4.78, 5) is 26.0. The SMILES string of the molecule is COc1cccc(-c2ncc3c(n2)-c2[nH]c4c(c2CC3)C(=O)NC2(CCC2)C4)c1. The second kappa shape index (κ2) is 5.92. The number of aryl methyl sites for hydroxylation is 1. The summed E-state index contributed by atoms with van der Waals surface area (Å²) in [5, 5.41) is 3.29. The molecular formula is C23H22N4O2. The number of ether oxygens (including phenoxy) is 1. The lowest BCUT2D eigenvalue weighted by Gasteiger charge is -2.45. The fourth-order valence-electron chi connectivity index (χ4n) is 5.01. The molecular weight excluding hydrogens is 364 g/mol. The van der Waals surface area contributed by atoms with Gasteiger partial charge in [0.2, 0.25) is 0 Å². The number of hydrogen-bond acceptors (Lipinski definition) is 4. The molecule has 2 aliphatic carbocycles. The van der Waals surface area contributed by atoms with Crippen LogP contribution in [0.5, 0.6) is 5.75 Å². The molecule has 1 amide bonds. The summed E-state index contributed by atoms with van der Waals surface area (Å²) < 4.78 is 5.34. The van der Waals surface area contributed by atoms with Crippen molar-refractivity contribution in [3.05, 3.63) is 52.8 Å². The molecule has 0 atom stereocenters. The van der Waals surface area contributed by atoms with E-state index in [0.717, 1.165) is 77.2 Å². The van der Waals surface area contributed by atoms with E-state index in [1.165, 1.54) is 6.42 Å².